The summed E-state index contributed by atoms with van der Waals surface area (Å²) < 4.78 is 5.08. The third kappa shape index (κ3) is 3.11. The Morgan fingerprint density at radius 2 is 2.26 bits per heavy atom. The predicted octanol–water partition coefficient (Wildman–Crippen LogP) is 3.01. The van der Waals surface area contributed by atoms with Crippen molar-refractivity contribution in [1.82, 2.24) is 10.2 Å². The molecule has 0 amide bonds. The average Bonchev–Trinajstić information content (AvgIpc) is 2.82. The third-order valence-corrected chi connectivity index (χ3v) is 4.76. The Morgan fingerprint density at radius 3 is 2.95 bits per heavy atom. The van der Waals surface area contributed by atoms with Gasteiger partial charge in [-0.3, -0.25) is 5.10 Å². The van der Waals surface area contributed by atoms with Gasteiger partial charge in [-0.15, -0.1) is 0 Å². The molecule has 0 aliphatic heterocycles. The first kappa shape index (κ1) is 14.4. The highest BCUT2D eigenvalue weighted by Crippen LogP contribution is 2.40. The minimum atomic E-state index is 0.415. The lowest BCUT2D eigenvalue weighted by Gasteiger charge is -2.36. The van der Waals surface area contributed by atoms with Crippen LogP contribution in [0.15, 0.2) is 0 Å². The Labute approximate surface area is 116 Å². The van der Waals surface area contributed by atoms with E-state index in [4.69, 9.17) is 4.74 Å². The number of hydrogen-bond acceptors (Lipinski definition) is 3. The lowest BCUT2D eigenvalue weighted by Crippen LogP contribution is -2.29. The Balaban J connectivity index is 2.07. The summed E-state index contributed by atoms with van der Waals surface area (Å²) in [5, 5.41) is 11.0. The SMILES string of the molecule is CCC(C)(C)C1CCc2[nH]nc(NCCOC)c2C1. The number of rotatable bonds is 6. The van der Waals surface area contributed by atoms with Gasteiger partial charge in [0, 0.05) is 24.9 Å². The second kappa shape index (κ2) is 5.95. The van der Waals surface area contributed by atoms with Gasteiger partial charge in [0.2, 0.25) is 0 Å². The Kier molecular flexibility index (Phi) is 4.50. The van der Waals surface area contributed by atoms with Crippen LogP contribution in [0.4, 0.5) is 5.82 Å². The number of ether oxygens (including phenoxy) is 1. The first-order valence-corrected chi connectivity index (χ1v) is 7.37. The quantitative estimate of drug-likeness (QED) is 0.777. The molecule has 1 aromatic heterocycles. The molecule has 19 heavy (non-hydrogen) atoms. The van der Waals surface area contributed by atoms with Gasteiger partial charge in [-0.05, 0) is 30.6 Å². The highest BCUT2D eigenvalue weighted by atomic mass is 16.5. The zero-order chi connectivity index (χ0) is 13.9. The van der Waals surface area contributed by atoms with Gasteiger partial charge in [0.25, 0.3) is 0 Å². The minimum Gasteiger partial charge on any atom is -0.383 e. The molecule has 1 aliphatic rings. The molecule has 0 radical (unpaired) electrons. The molecular weight excluding hydrogens is 238 g/mol. The predicted molar refractivity (Wildman–Crippen MR) is 78.5 cm³/mol. The van der Waals surface area contributed by atoms with Crippen LogP contribution < -0.4 is 5.32 Å². The van der Waals surface area contributed by atoms with Gasteiger partial charge >= 0.3 is 0 Å². The van der Waals surface area contributed by atoms with Gasteiger partial charge in [0.15, 0.2) is 5.82 Å². The molecule has 2 rings (SSSR count). The molecule has 0 spiro atoms. The maximum Gasteiger partial charge on any atom is 0.151 e. The van der Waals surface area contributed by atoms with E-state index >= 15 is 0 Å². The third-order valence-electron chi connectivity index (χ3n) is 4.76. The summed E-state index contributed by atoms with van der Waals surface area (Å²) in [6.07, 6.45) is 4.77. The molecule has 0 saturated heterocycles. The van der Waals surface area contributed by atoms with Crippen molar-refractivity contribution in [2.75, 3.05) is 25.6 Å². The molecule has 2 N–H and O–H groups in total. The van der Waals surface area contributed by atoms with Crippen LogP contribution in [-0.2, 0) is 17.6 Å². The van der Waals surface area contributed by atoms with Gasteiger partial charge in [-0.2, -0.15) is 5.10 Å². The normalized spacial score (nSPS) is 19.3. The number of H-pyrrole nitrogens is 1. The van der Waals surface area contributed by atoms with Crippen molar-refractivity contribution in [3.05, 3.63) is 11.3 Å². The van der Waals surface area contributed by atoms with Crippen LogP contribution >= 0.6 is 0 Å². The van der Waals surface area contributed by atoms with E-state index in [1.165, 1.54) is 24.1 Å². The second-order valence-electron chi connectivity index (χ2n) is 6.23. The van der Waals surface area contributed by atoms with Crippen molar-refractivity contribution in [3.8, 4) is 0 Å². The van der Waals surface area contributed by atoms with E-state index < -0.39 is 0 Å². The molecule has 1 aliphatic carbocycles. The maximum absolute atomic E-state index is 5.08. The summed E-state index contributed by atoms with van der Waals surface area (Å²) in [6, 6.07) is 0. The van der Waals surface area contributed by atoms with Gasteiger partial charge in [0.1, 0.15) is 0 Å². The van der Waals surface area contributed by atoms with Crippen molar-refractivity contribution in [3.63, 3.8) is 0 Å². The zero-order valence-corrected chi connectivity index (χ0v) is 12.7. The smallest absolute Gasteiger partial charge is 0.151 e. The maximum atomic E-state index is 5.08. The zero-order valence-electron chi connectivity index (χ0n) is 12.7. The fraction of sp³-hybridized carbons (Fsp3) is 0.800. The largest absolute Gasteiger partial charge is 0.383 e. The number of hydrogen-bond donors (Lipinski definition) is 2. The van der Waals surface area contributed by atoms with Crippen LogP contribution in [0, 0.1) is 11.3 Å². The van der Waals surface area contributed by atoms with E-state index in [1.54, 1.807) is 7.11 Å². The lowest BCUT2D eigenvalue weighted by molar-refractivity contribution is 0.182. The Hall–Kier alpha value is -1.03. The Bertz CT molecular complexity index is 412. The summed E-state index contributed by atoms with van der Waals surface area (Å²) in [5.74, 6) is 1.79. The summed E-state index contributed by atoms with van der Waals surface area (Å²) in [6.45, 7) is 8.60. The molecule has 108 valence electrons. The van der Waals surface area contributed by atoms with Crippen molar-refractivity contribution in [1.29, 1.82) is 0 Å². The monoisotopic (exact) mass is 265 g/mol. The molecule has 1 heterocycles. The van der Waals surface area contributed by atoms with E-state index in [1.807, 2.05) is 0 Å². The molecule has 0 aromatic carbocycles. The number of anilines is 1. The molecule has 1 aromatic rings. The second-order valence-corrected chi connectivity index (χ2v) is 6.23. The molecule has 4 heteroatoms. The molecule has 0 bridgehead atoms. The summed E-state index contributed by atoms with van der Waals surface area (Å²) in [5.41, 5.74) is 3.13. The fourth-order valence-electron chi connectivity index (χ4n) is 2.87. The molecule has 1 atom stereocenters. The molecule has 4 nitrogen and oxygen atoms in total. The fourth-order valence-corrected chi connectivity index (χ4v) is 2.87. The van der Waals surface area contributed by atoms with Gasteiger partial charge in [0.05, 0.1) is 6.61 Å². The number of aromatic nitrogens is 2. The molecule has 0 fully saturated rings. The van der Waals surface area contributed by atoms with Crippen LogP contribution in [0.1, 0.15) is 44.9 Å². The van der Waals surface area contributed by atoms with Crippen molar-refractivity contribution in [2.45, 2.75) is 46.5 Å². The molecule has 1 unspecified atom stereocenters. The van der Waals surface area contributed by atoms with E-state index in [0.717, 1.165) is 31.1 Å². The van der Waals surface area contributed by atoms with Gasteiger partial charge < -0.3 is 10.1 Å². The van der Waals surface area contributed by atoms with Crippen molar-refractivity contribution in [2.24, 2.45) is 11.3 Å². The van der Waals surface area contributed by atoms with Crippen LogP contribution in [0.3, 0.4) is 0 Å². The first-order chi connectivity index (χ1) is 9.08. The van der Waals surface area contributed by atoms with E-state index in [9.17, 15) is 0 Å². The van der Waals surface area contributed by atoms with E-state index in [-0.39, 0.29) is 0 Å². The first-order valence-electron chi connectivity index (χ1n) is 7.37. The number of aromatic amines is 1. The van der Waals surface area contributed by atoms with Gasteiger partial charge in [-0.25, -0.2) is 0 Å². The van der Waals surface area contributed by atoms with Crippen LogP contribution in [0.2, 0.25) is 0 Å². The van der Waals surface area contributed by atoms with Gasteiger partial charge in [-0.1, -0.05) is 27.2 Å². The molecular formula is C15H27N3O. The summed E-state index contributed by atoms with van der Waals surface area (Å²) in [4.78, 5) is 0. The van der Waals surface area contributed by atoms with Crippen LogP contribution in [-0.4, -0.2) is 30.5 Å². The lowest BCUT2D eigenvalue weighted by atomic mass is 9.69. The highest BCUT2D eigenvalue weighted by molar-refractivity contribution is 5.48. The summed E-state index contributed by atoms with van der Waals surface area (Å²) in [7, 11) is 1.72. The minimum absolute atomic E-state index is 0.415. The van der Waals surface area contributed by atoms with Crippen LogP contribution in [0.5, 0.6) is 0 Å². The number of fused-ring (bicyclic) bond motifs is 1. The van der Waals surface area contributed by atoms with E-state index in [0.29, 0.717) is 12.0 Å². The highest BCUT2D eigenvalue weighted by Gasteiger charge is 2.33. The standard InChI is InChI=1S/C15H27N3O/c1-5-15(2,3)11-6-7-13-12(10-11)14(18-17-13)16-8-9-19-4/h11H,5-10H2,1-4H3,(H2,16,17,18). The summed E-state index contributed by atoms with van der Waals surface area (Å²) >= 11 is 0. The van der Waals surface area contributed by atoms with E-state index in [2.05, 4.69) is 36.3 Å². The van der Waals surface area contributed by atoms with Crippen molar-refractivity contribution >= 4 is 5.82 Å². The van der Waals surface area contributed by atoms with Crippen molar-refractivity contribution < 1.29 is 4.74 Å². The Morgan fingerprint density at radius 1 is 1.47 bits per heavy atom. The molecule has 0 saturated carbocycles. The number of nitrogens with one attached hydrogen (secondary N) is 2. The topological polar surface area (TPSA) is 49.9 Å². The number of aryl methyl sites for hydroxylation is 1. The number of methoxy groups -OCH3 is 1. The average molecular weight is 265 g/mol. The van der Waals surface area contributed by atoms with Crippen LogP contribution in [0.25, 0.3) is 0 Å². The number of nitrogens with zero attached hydrogens (tertiary/aromatic N) is 1.